The van der Waals surface area contributed by atoms with Crippen molar-refractivity contribution in [3.8, 4) is 6.07 Å². The van der Waals surface area contributed by atoms with Crippen LogP contribution in [0.2, 0.25) is 0 Å². The number of nitriles is 1. The van der Waals surface area contributed by atoms with Crippen LogP contribution in [-0.2, 0) is 25.7 Å². The van der Waals surface area contributed by atoms with Gasteiger partial charge in [-0.15, -0.1) is 0 Å². The Hall–Kier alpha value is -3.86. The van der Waals surface area contributed by atoms with Gasteiger partial charge in [0.15, 0.2) is 6.10 Å². The van der Waals surface area contributed by atoms with Crippen LogP contribution in [0.1, 0.15) is 24.0 Å². The van der Waals surface area contributed by atoms with Crippen LogP contribution < -0.4 is 4.90 Å². The van der Waals surface area contributed by atoms with E-state index in [0.717, 1.165) is 5.56 Å². The lowest BCUT2D eigenvalue weighted by Gasteiger charge is -2.32. The second-order valence-corrected chi connectivity index (χ2v) is 7.83. The van der Waals surface area contributed by atoms with Gasteiger partial charge in [-0.25, -0.2) is 4.79 Å². The number of likely N-dealkylation sites (tertiary alicyclic amines) is 1. The number of ether oxygens (including phenoxy) is 2. The fourth-order valence-corrected chi connectivity index (χ4v) is 3.90. The van der Waals surface area contributed by atoms with Crippen LogP contribution in [0, 0.1) is 17.2 Å². The number of cyclic esters (lactones) is 1. The van der Waals surface area contributed by atoms with Crippen molar-refractivity contribution >= 4 is 23.7 Å². The molecule has 32 heavy (non-hydrogen) atoms. The van der Waals surface area contributed by atoms with E-state index < -0.39 is 12.2 Å². The molecule has 0 radical (unpaired) electrons. The van der Waals surface area contributed by atoms with Gasteiger partial charge in [-0.1, -0.05) is 30.3 Å². The predicted octanol–water partition coefficient (Wildman–Crippen LogP) is 2.87. The highest BCUT2D eigenvalue weighted by Crippen LogP contribution is 2.25. The van der Waals surface area contributed by atoms with Crippen LogP contribution in [0.5, 0.6) is 0 Å². The zero-order valence-corrected chi connectivity index (χ0v) is 17.5. The van der Waals surface area contributed by atoms with Gasteiger partial charge in [-0.3, -0.25) is 14.5 Å². The van der Waals surface area contributed by atoms with E-state index in [1.807, 2.05) is 36.4 Å². The molecule has 0 bridgehead atoms. The third-order valence-corrected chi connectivity index (χ3v) is 5.76. The number of piperidine rings is 1. The number of carbonyl (C=O) groups excluding carboxylic acids is 3. The number of carbonyl (C=O) groups is 3. The van der Waals surface area contributed by atoms with E-state index >= 15 is 0 Å². The first kappa shape index (κ1) is 21.4. The molecule has 2 aliphatic rings. The third kappa shape index (κ3) is 4.72. The van der Waals surface area contributed by atoms with Crippen molar-refractivity contribution in [1.29, 1.82) is 5.26 Å². The van der Waals surface area contributed by atoms with Crippen molar-refractivity contribution in [3.63, 3.8) is 0 Å². The summed E-state index contributed by atoms with van der Waals surface area (Å²) in [5.41, 5.74) is 1.99. The van der Waals surface area contributed by atoms with Crippen molar-refractivity contribution in [3.05, 3.63) is 65.7 Å². The molecule has 164 valence electrons. The normalized spacial score (nSPS) is 18.7. The number of hydrogen-bond acceptors (Lipinski definition) is 6. The molecule has 2 fully saturated rings. The maximum atomic E-state index is 12.9. The monoisotopic (exact) mass is 433 g/mol. The average molecular weight is 433 g/mol. The van der Waals surface area contributed by atoms with Crippen LogP contribution >= 0.6 is 0 Å². The van der Waals surface area contributed by atoms with Gasteiger partial charge in [0.1, 0.15) is 6.61 Å². The highest BCUT2D eigenvalue weighted by atomic mass is 16.6. The molecule has 1 unspecified atom stereocenters. The van der Waals surface area contributed by atoms with Crippen molar-refractivity contribution in [2.75, 3.05) is 24.5 Å². The second kappa shape index (κ2) is 9.52. The number of benzene rings is 2. The van der Waals surface area contributed by atoms with Crippen LogP contribution in [0.25, 0.3) is 0 Å². The van der Waals surface area contributed by atoms with Gasteiger partial charge in [-0.2, -0.15) is 5.26 Å². The summed E-state index contributed by atoms with van der Waals surface area (Å²) >= 11 is 0. The van der Waals surface area contributed by atoms with E-state index in [4.69, 9.17) is 14.7 Å². The quantitative estimate of drug-likeness (QED) is 0.673. The minimum Gasteiger partial charge on any atom is -0.461 e. The fourth-order valence-electron chi connectivity index (χ4n) is 3.90. The van der Waals surface area contributed by atoms with Gasteiger partial charge in [0.05, 0.1) is 24.1 Å². The van der Waals surface area contributed by atoms with Crippen molar-refractivity contribution in [1.82, 2.24) is 4.90 Å². The van der Waals surface area contributed by atoms with Crippen LogP contribution in [0.3, 0.4) is 0 Å². The Morgan fingerprint density at radius 3 is 2.41 bits per heavy atom. The number of anilines is 1. The minimum absolute atomic E-state index is 0.114. The molecule has 2 aliphatic heterocycles. The highest BCUT2D eigenvalue weighted by molar-refractivity contribution is 5.95. The molecule has 2 saturated heterocycles. The Bertz CT molecular complexity index is 1020. The molecule has 0 aliphatic carbocycles. The summed E-state index contributed by atoms with van der Waals surface area (Å²) in [6.45, 7) is 1.17. The van der Waals surface area contributed by atoms with Crippen molar-refractivity contribution in [2.45, 2.75) is 25.6 Å². The van der Waals surface area contributed by atoms with Crippen LogP contribution in [0.15, 0.2) is 54.6 Å². The molecule has 0 spiro atoms. The Kier molecular flexibility index (Phi) is 6.36. The summed E-state index contributed by atoms with van der Waals surface area (Å²) in [4.78, 5) is 40.5. The van der Waals surface area contributed by atoms with Gasteiger partial charge in [-0.05, 0) is 42.7 Å². The highest BCUT2D eigenvalue weighted by Gasteiger charge is 2.40. The van der Waals surface area contributed by atoms with E-state index in [1.54, 1.807) is 29.2 Å². The number of nitrogens with zero attached hydrogens (tertiary/aromatic N) is 3. The third-order valence-electron chi connectivity index (χ3n) is 5.76. The number of rotatable bonds is 5. The number of amides is 2. The Labute approximate surface area is 185 Å². The SMILES string of the molecule is N#Cc1ccc(N2CC(C(=O)N3CCC(C(=O)OCc4ccccc4)CC3)OC2=O)cc1. The van der Waals surface area contributed by atoms with E-state index in [0.29, 0.717) is 37.2 Å². The first-order chi connectivity index (χ1) is 15.5. The van der Waals surface area contributed by atoms with E-state index in [2.05, 4.69) is 0 Å². The zero-order chi connectivity index (χ0) is 22.5. The molecule has 2 heterocycles. The van der Waals surface area contributed by atoms with Gasteiger partial charge in [0, 0.05) is 18.8 Å². The molecular weight excluding hydrogens is 410 g/mol. The summed E-state index contributed by atoms with van der Waals surface area (Å²) in [5, 5.41) is 8.91. The number of esters is 1. The van der Waals surface area contributed by atoms with E-state index in [-0.39, 0.29) is 30.9 Å². The zero-order valence-electron chi connectivity index (χ0n) is 17.5. The second-order valence-electron chi connectivity index (χ2n) is 7.83. The molecule has 1 atom stereocenters. The Morgan fingerprint density at radius 1 is 1.06 bits per heavy atom. The van der Waals surface area contributed by atoms with E-state index in [9.17, 15) is 14.4 Å². The lowest BCUT2D eigenvalue weighted by Crippen LogP contribution is -2.46. The summed E-state index contributed by atoms with van der Waals surface area (Å²) in [6.07, 6.45) is -0.453. The van der Waals surface area contributed by atoms with Gasteiger partial charge >= 0.3 is 12.1 Å². The number of hydrogen-bond donors (Lipinski definition) is 0. The van der Waals surface area contributed by atoms with Gasteiger partial charge < -0.3 is 14.4 Å². The van der Waals surface area contributed by atoms with Crippen molar-refractivity contribution < 1.29 is 23.9 Å². The van der Waals surface area contributed by atoms with Crippen LogP contribution in [0.4, 0.5) is 10.5 Å². The molecule has 8 nitrogen and oxygen atoms in total. The maximum absolute atomic E-state index is 12.9. The molecule has 2 aromatic carbocycles. The molecule has 4 rings (SSSR count). The molecule has 2 amide bonds. The van der Waals surface area contributed by atoms with Crippen molar-refractivity contribution in [2.24, 2.45) is 5.92 Å². The molecular formula is C24H23N3O5. The summed E-state index contributed by atoms with van der Waals surface area (Å²) in [7, 11) is 0. The average Bonchev–Trinajstić information content (AvgIpc) is 3.24. The lowest BCUT2D eigenvalue weighted by molar-refractivity contribution is -0.153. The lowest BCUT2D eigenvalue weighted by atomic mass is 9.96. The topological polar surface area (TPSA) is 99.9 Å². The smallest absolute Gasteiger partial charge is 0.415 e. The maximum Gasteiger partial charge on any atom is 0.415 e. The summed E-state index contributed by atoms with van der Waals surface area (Å²) < 4.78 is 10.7. The van der Waals surface area contributed by atoms with Gasteiger partial charge in [0.2, 0.25) is 0 Å². The Morgan fingerprint density at radius 2 is 1.75 bits per heavy atom. The summed E-state index contributed by atoms with van der Waals surface area (Å²) in [5.74, 6) is -0.755. The van der Waals surface area contributed by atoms with Crippen LogP contribution in [-0.4, -0.2) is 48.6 Å². The van der Waals surface area contributed by atoms with Gasteiger partial charge in [0.25, 0.3) is 5.91 Å². The first-order valence-electron chi connectivity index (χ1n) is 10.5. The summed E-state index contributed by atoms with van der Waals surface area (Å²) in [6, 6.07) is 18.0. The fraction of sp³-hybridized carbons (Fsp3) is 0.333. The first-order valence-corrected chi connectivity index (χ1v) is 10.5. The molecule has 0 saturated carbocycles. The minimum atomic E-state index is -0.889. The largest absolute Gasteiger partial charge is 0.461 e. The molecule has 2 aromatic rings. The molecule has 0 aromatic heterocycles. The standard InChI is InChI=1S/C24H23N3O5/c25-14-17-6-8-20(9-7-17)27-15-21(32-24(27)30)22(28)26-12-10-19(11-13-26)23(29)31-16-18-4-2-1-3-5-18/h1-9,19,21H,10-13,15-16H2. The molecule has 8 heteroatoms. The van der Waals surface area contributed by atoms with E-state index in [1.165, 1.54) is 4.90 Å². The molecule has 0 N–H and O–H groups in total. The predicted molar refractivity (Wildman–Crippen MR) is 114 cm³/mol. The Balaban J connectivity index is 1.27.